The molecule has 3 atom stereocenters. The van der Waals surface area contributed by atoms with Crippen LogP contribution in [-0.2, 0) is 4.74 Å². The summed E-state index contributed by atoms with van der Waals surface area (Å²) in [5, 5.41) is 22.8. The Balaban J connectivity index is 1.95. The summed E-state index contributed by atoms with van der Waals surface area (Å²) < 4.78 is 8.18. The SMILES string of the molecule is Cc1cn([C@@H]2C[C@H](O)[C@@H](CO)O2)c(=O)nc1-n1cncn1. The Labute approximate surface area is 119 Å². The number of aryl methyl sites for hydroxylation is 1. The molecule has 9 heteroatoms. The maximum absolute atomic E-state index is 12.1. The molecule has 0 bridgehead atoms. The lowest BCUT2D eigenvalue weighted by Gasteiger charge is -2.15. The van der Waals surface area contributed by atoms with E-state index in [1.165, 1.54) is 21.9 Å². The number of ether oxygens (including phenoxy) is 1. The molecule has 0 amide bonds. The van der Waals surface area contributed by atoms with E-state index < -0.39 is 24.1 Å². The number of aliphatic hydroxyl groups is 2. The predicted octanol–water partition coefficient (Wildman–Crippen LogP) is -1.23. The highest BCUT2D eigenvalue weighted by Gasteiger charge is 2.35. The minimum atomic E-state index is -0.804. The van der Waals surface area contributed by atoms with E-state index in [4.69, 9.17) is 9.84 Å². The van der Waals surface area contributed by atoms with Gasteiger partial charge in [-0.05, 0) is 6.92 Å². The van der Waals surface area contributed by atoms with Crippen LogP contribution in [0, 0.1) is 6.92 Å². The summed E-state index contributed by atoms with van der Waals surface area (Å²) in [7, 11) is 0. The molecule has 3 heterocycles. The van der Waals surface area contributed by atoms with E-state index in [0.29, 0.717) is 11.4 Å². The fourth-order valence-electron chi connectivity index (χ4n) is 2.36. The Morgan fingerprint density at radius 3 is 2.95 bits per heavy atom. The van der Waals surface area contributed by atoms with Gasteiger partial charge in [-0.1, -0.05) is 0 Å². The van der Waals surface area contributed by atoms with E-state index in [0.717, 1.165) is 0 Å². The second-order valence-corrected chi connectivity index (χ2v) is 4.89. The number of nitrogens with zero attached hydrogens (tertiary/aromatic N) is 5. The summed E-state index contributed by atoms with van der Waals surface area (Å²) in [6, 6.07) is 0. The van der Waals surface area contributed by atoms with Crippen LogP contribution >= 0.6 is 0 Å². The molecule has 1 aliphatic rings. The van der Waals surface area contributed by atoms with Gasteiger partial charge in [0.1, 0.15) is 25.0 Å². The molecular weight excluding hydrogens is 278 g/mol. The molecule has 0 saturated carbocycles. The lowest BCUT2D eigenvalue weighted by atomic mass is 10.2. The van der Waals surface area contributed by atoms with Crippen LogP contribution < -0.4 is 5.69 Å². The number of aromatic nitrogens is 5. The van der Waals surface area contributed by atoms with Crippen molar-refractivity contribution >= 4 is 0 Å². The summed E-state index contributed by atoms with van der Waals surface area (Å²) in [4.78, 5) is 19.9. The largest absolute Gasteiger partial charge is 0.394 e. The Kier molecular flexibility index (Phi) is 3.53. The van der Waals surface area contributed by atoms with Crippen molar-refractivity contribution in [3.63, 3.8) is 0 Å². The standard InChI is InChI=1S/C12H15N5O4/c1-7-3-16(10-2-8(19)9(4-18)21-10)12(20)15-11(7)17-6-13-5-14-17/h3,5-6,8-10,18-19H,2,4H2,1H3/t8-,9+,10-/m0/s1. The molecule has 9 nitrogen and oxygen atoms in total. The van der Waals surface area contributed by atoms with Crippen molar-refractivity contribution in [3.05, 3.63) is 34.9 Å². The second kappa shape index (κ2) is 5.35. The van der Waals surface area contributed by atoms with Crippen LogP contribution in [0.25, 0.3) is 5.82 Å². The van der Waals surface area contributed by atoms with Gasteiger partial charge in [-0.2, -0.15) is 10.1 Å². The van der Waals surface area contributed by atoms with Crippen LogP contribution in [0.1, 0.15) is 18.2 Å². The minimum absolute atomic E-state index is 0.231. The zero-order valence-corrected chi connectivity index (χ0v) is 11.3. The summed E-state index contributed by atoms with van der Waals surface area (Å²) in [6.45, 7) is 1.49. The number of rotatable bonds is 3. The van der Waals surface area contributed by atoms with Crippen LogP contribution in [0.4, 0.5) is 0 Å². The van der Waals surface area contributed by atoms with E-state index in [9.17, 15) is 9.90 Å². The van der Waals surface area contributed by atoms with E-state index >= 15 is 0 Å². The summed E-state index contributed by atoms with van der Waals surface area (Å²) in [5.41, 5.74) is 0.201. The van der Waals surface area contributed by atoms with Gasteiger partial charge in [-0.3, -0.25) is 4.57 Å². The zero-order chi connectivity index (χ0) is 15.0. The molecular formula is C12H15N5O4. The Morgan fingerprint density at radius 1 is 1.52 bits per heavy atom. The fraction of sp³-hybridized carbons (Fsp3) is 0.500. The van der Waals surface area contributed by atoms with Gasteiger partial charge in [0.05, 0.1) is 12.7 Å². The first-order valence-electron chi connectivity index (χ1n) is 6.49. The third-order valence-corrected chi connectivity index (χ3v) is 3.44. The quantitative estimate of drug-likeness (QED) is 0.728. The van der Waals surface area contributed by atoms with Crippen molar-refractivity contribution in [2.24, 2.45) is 0 Å². The molecule has 112 valence electrons. The van der Waals surface area contributed by atoms with Crippen molar-refractivity contribution in [2.75, 3.05) is 6.61 Å². The molecule has 21 heavy (non-hydrogen) atoms. The van der Waals surface area contributed by atoms with Gasteiger partial charge in [0.15, 0.2) is 5.82 Å². The average Bonchev–Trinajstić information content (AvgIpc) is 3.10. The predicted molar refractivity (Wildman–Crippen MR) is 69.8 cm³/mol. The first kappa shape index (κ1) is 13.9. The normalized spacial score (nSPS) is 25.4. The molecule has 2 aromatic heterocycles. The summed E-state index contributed by atoms with van der Waals surface area (Å²) in [6.07, 6.45) is 2.52. The van der Waals surface area contributed by atoms with Crippen molar-refractivity contribution in [2.45, 2.75) is 31.8 Å². The lowest BCUT2D eigenvalue weighted by Crippen LogP contribution is -2.29. The fourth-order valence-corrected chi connectivity index (χ4v) is 2.36. The van der Waals surface area contributed by atoms with Gasteiger partial charge in [-0.25, -0.2) is 14.5 Å². The molecule has 3 rings (SSSR count). The molecule has 0 aromatic carbocycles. The molecule has 1 saturated heterocycles. The van der Waals surface area contributed by atoms with Crippen LogP contribution in [-0.4, -0.2) is 53.3 Å². The van der Waals surface area contributed by atoms with E-state index in [2.05, 4.69) is 15.1 Å². The van der Waals surface area contributed by atoms with Crippen LogP contribution in [0.5, 0.6) is 0 Å². The van der Waals surface area contributed by atoms with Crippen molar-refractivity contribution in [3.8, 4) is 5.82 Å². The first-order chi connectivity index (χ1) is 10.1. The summed E-state index contributed by atoms with van der Waals surface area (Å²) >= 11 is 0. The maximum Gasteiger partial charge on any atom is 0.351 e. The third kappa shape index (κ3) is 2.46. The third-order valence-electron chi connectivity index (χ3n) is 3.44. The molecule has 2 N–H and O–H groups in total. The average molecular weight is 293 g/mol. The Bertz CT molecular complexity index is 683. The molecule has 0 spiro atoms. The highest BCUT2D eigenvalue weighted by atomic mass is 16.5. The molecule has 1 aliphatic heterocycles. The van der Waals surface area contributed by atoms with E-state index in [1.807, 2.05) is 0 Å². The number of hydrogen-bond acceptors (Lipinski definition) is 7. The summed E-state index contributed by atoms with van der Waals surface area (Å²) in [5.74, 6) is 0.394. The number of hydrogen-bond donors (Lipinski definition) is 2. The second-order valence-electron chi connectivity index (χ2n) is 4.89. The van der Waals surface area contributed by atoms with Gasteiger partial charge in [-0.15, -0.1) is 0 Å². The van der Waals surface area contributed by atoms with Crippen molar-refractivity contribution < 1.29 is 14.9 Å². The maximum atomic E-state index is 12.1. The van der Waals surface area contributed by atoms with Gasteiger partial charge in [0.25, 0.3) is 0 Å². The smallest absolute Gasteiger partial charge is 0.351 e. The number of aliphatic hydroxyl groups excluding tert-OH is 2. The Morgan fingerprint density at radius 2 is 2.33 bits per heavy atom. The van der Waals surface area contributed by atoms with Crippen LogP contribution in [0.2, 0.25) is 0 Å². The monoisotopic (exact) mass is 293 g/mol. The molecule has 1 fully saturated rings. The highest BCUT2D eigenvalue weighted by molar-refractivity contribution is 5.28. The van der Waals surface area contributed by atoms with Crippen molar-refractivity contribution in [1.29, 1.82) is 0 Å². The van der Waals surface area contributed by atoms with E-state index in [1.54, 1.807) is 13.1 Å². The molecule has 0 radical (unpaired) electrons. The van der Waals surface area contributed by atoms with E-state index in [-0.39, 0.29) is 13.0 Å². The first-order valence-corrected chi connectivity index (χ1v) is 6.49. The lowest BCUT2D eigenvalue weighted by molar-refractivity contribution is -0.0459. The highest BCUT2D eigenvalue weighted by Crippen LogP contribution is 2.27. The molecule has 0 aliphatic carbocycles. The Hall–Kier alpha value is -2.10. The van der Waals surface area contributed by atoms with Gasteiger partial charge < -0.3 is 14.9 Å². The van der Waals surface area contributed by atoms with Crippen molar-refractivity contribution in [1.82, 2.24) is 24.3 Å². The topological polar surface area (TPSA) is 115 Å². The zero-order valence-electron chi connectivity index (χ0n) is 11.3. The van der Waals surface area contributed by atoms with Gasteiger partial charge in [0.2, 0.25) is 0 Å². The molecule has 2 aromatic rings. The molecule has 0 unspecified atom stereocenters. The van der Waals surface area contributed by atoms with Crippen LogP contribution in [0.3, 0.4) is 0 Å². The van der Waals surface area contributed by atoms with Crippen LogP contribution in [0.15, 0.2) is 23.6 Å². The van der Waals surface area contributed by atoms with Gasteiger partial charge in [0, 0.05) is 18.2 Å². The minimum Gasteiger partial charge on any atom is -0.394 e. The van der Waals surface area contributed by atoms with Gasteiger partial charge >= 0.3 is 5.69 Å².